The first-order chi connectivity index (χ1) is 7.93. The number of aliphatic carboxylic acids is 6. The Labute approximate surface area is 145 Å². The molecule has 0 bridgehead atoms. The van der Waals surface area contributed by atoms with Crippen molar-refractivity contribution in [2.24, 2.45) is 0 Å². The first kappa shape index (κ1) is 36.6. The number of carboxylic acids is 6. The topological polar surface area (TPSA) is 224 Å². The van der Waals surface area contributed by atoms with Crippen LogP contribution in [-0.2, 0) is 79.1 Å². The predicted molar refractivity (Wildman–Crippen MR) is 45.8 cm³/mol. The van der Waals surface area contributed by atoms with Gasteiger partial charge < -0.3 is 30.6 Å². The number of carbonyl (C=O) groups is 6. The smallest absolute Gasteiger partial charge is 0.414 e. The molecule has 0 aromatic carbocycles. The molecule has 0 aromatic rings. The Morgan fingerprint density at radius 2 is 0.381 bits per heavy atom. The van der Waals surface area contributed by atoms with Gasteiger partial charge >= 0.3 is 35.8 Å². The fourth-order valence-corrected chi connectivity index (χ4v) is 0. The first-order valence-corrected chi connectivity index (χ1v) is 3.32. The van der Waals surface area contributed by atoms with E-state index < -0.39 is 35.8 Å². The molecule has 15 heteroatoms. The van der Waals surface area contributed by atoms with Gasteiger partial charge in [-0.25, -0.2) is 28.8 Å². The van der Waals surface area contributed by atoms with Gasteiger partial charge in [-0.15, -0.1) is 0 Å². The third-order valence-electron chi connectivity index (χ3n) is 0.549. The molecule has 0 aliphatic rings. The third-order valence-corrected chi connectivity index (χ3v) is 0.549. The van der Waals surface area contributed by atoms with Crippen LogP contribution in [0.4, 0.5) is 0 Å². The molecule has 0 amide bonds. The van der Waals surface area contributed by atoms with Crippen LogP contribution in [0.5, 0.6) is 0 Å². The van der Waals surface area contributed by atoms with Gasteiger partial charge in [0.05, 0.1) is 0 Å². The van der Waals surface area contributed by atoms with Gasteiger partial charge in [0, 0.05) is 50.3 Å². The molecule has 0 aromatic heterocycles. The summed E-state index contributed by atoms with van der Waals surface area (Å²) in [5, 5.41) is 44.3. The van der Waals surface area contributed by atoms with Gasteiger partial charge in [0.2, 0.25) is 0 Å². The molecular weight excluding hydrogens is 441 g/mol. The number of hydrogen-bond donors (Lipinski definition) is 6. The summed E-state index contributed by atoms with van der Waals surface area (Å²) >= 11 is 0. The molecule has 0 aliphatic carbocycles. The Bertz CT molecular complexity index is 284. The van der Waals surface area contributed by atoms with Gasteiger partial charge in [0.25, 0.3) is 0 Å². The molecule has 0 saturated heterocycles. The molecule has 0 fully saturated rings. The van der Waals surface area contributed by atoms with Crippen LogP contribution in [0.15, 0.2) is 0 Å². The SMILES string of the molecule is O=C(O)C(=O)O.O=C(O)C(=O)O.O=C(O)C(=O)O.[Co].[Co].[Co]. The number of hydrogen-bond acceptors (Lipinski definition) is 6. The maximum absolute atomic E-state index is 9.10. The maximum atomic E-state index is 9.10. The second-order valence-corrected chi connectivity index (χ2v) is 1.83. The van der Waals surface area contributed by atoms with E-state index in [4.69, 9.17) is 59.4 Å². The van der Waals surface area contributed by atoms with Gasteiger partial charge in [0.1, 0.15) is 0 Å². The Balaban J connectivity index is -0.0000000375. The van der Waals surface area contributed by atoms with Crippen molar-refractivity contribution in [3.63, 3.8) is 0 Å². The molecule has 0 aliphatic heterocycles. The van der Waals surface area contributed by atoms with Gasteiger partial charge in [-0.2, -0.15) is 0 Å². The van der Waals surface area contributed by atoms with Gasteiger partial charge in [-0.1, -0.05) is 0 Å². The maximum Gasteiger partial charge on any atom is 0.414 e. The molecule has 129 valence electrons. The minimum Gasteiger partial charge on any atom is -0.473 e. The predicted octanol–water partition coefficient (Wildman–Crippen LogP) is -2.54. The molecule has 0 unspecified atom stereocenters. The summed E-state index contributed by atoms with van der Waals surface area (Å²) in [7, 11) is 0. The zero-order valence-electron chi connectivity index (χ0n) is 9.13. The summed E-state index contributed by atoms with van der Waals surface area (Å²) in [5.41, 5.74) is 0. The Morgan fingerprint density at radius 3 is 0.381 bits per heavy atom. The number of rotatable bonds is 0. The van der Waals surface area contributed by atoms with Gasteiger partial charge in [0.15, 0.2) is 0 Å². The van der Waals surface area contributed by atoms with Crippen LogP contribution < -0.4 is 0 Å². The molecule has 21 heavy (non-hydrogen) atoms. The van der Waals surface area contributed by atoms with Crippen LogP contribution in [0.3, 0.4) is 0 Å². The number of carboxylic acid groups (broad SMARTS) is 6. The average molecular weight is 447 g/mol. The zero-order valence-corrected chi connectivity index (χ0v) is 12.3. The largest absolute Gasteiger partial charge is 0.473 e. The van der Waals surface area contributed by atoms with E-state index in [2.05, 4.69) is 0 Å². The minimum absolute atomic E-state index is 0. The van der Waals surface area contributed by atoms with Crippen LogP contribution in [0.1, 0.15) is 0 Å². The summed E-state index contributed by atoms with van der Waals surface area (Å²) in [6.45, 7) is 0. The van der Waals surface area contributed by atoms with Gasteiger partial charge in [-0.3, -0.25) is 0 Å². The van der Waals surface area contributed by atoms with E-state index in [9.17, 15) is 0 Å². The molecule has 0 spiro atoms. The van der Waals surface area contributed by atoms with Crippen molar-refractivity contribution in [3.8, 4) is 0 Å². The second kappa shape index (κ2) is 20.7. The van der Waals surface area contributed by atoms with Crippen molar-refractivity contribution in [2.45, 2.75) is 0 Å². The van der Waals surface area contributed by atoms with E-state index >= 15 is 0 Å². The van der Waals surface area contributed by atoms with Crippen LogP contribution in [-0.4, -0.2) is 66.5 Å². The molecule has 0 atom stereocenters. The van der Waals surface area contributed by atoms with Crippen molar-refractivity contribution in [1.29, 1.82) is 0 Å². The molecule has 0 heterocycles. The fourth-order valence-electron chi connectivity index (χ4n) is 0. The first-order valence-electron chi connectivity index (χ1n) is 3.32. The molecule has 6 N–H and O–H groups in total. The van der Waals surface area contributed by atoms with E-state index in [1.54, 1.807) is 0 Å². The molecule has 12 nitrogen and oxygen atoms in total. The summed E-state index contributed by atoms with van der Waals surface area (Å²) in [6.07, 6.45) is 0. The molecular formula is C6H6Co3O12. The summed E-state index contributed by atoms with van der Waals surface area (Å²) in [4.78, 5) is 54.6. The Kier molecular flexibility index (Phi) is 36.0. The summed E-state index contributed by atoms with van der Waals surface area (Å²) in [5.74, 6) is -10.9. The van der Waals surface area contributed by atoms with E-state index in [0.29, 0.717) is 0 Å². The van der Waals surface area contributed by atoms with Crippen molar-refractivity contribution < 1.29 is 110 Å². The summed E-state index contributed by atoms with van der Waals surface area (Å²) < 4.78 is 0. The van der Waals surface area contributed by atoms with Crippen molar-refractivity contribution >= 4 is 35.8 Å². The van der Waals surface area contributed by atoms with E-state index in [1.165, 1.54) is 0 Å². The van der Waals surface area contributed by atoms with Crippen LogP contribution in [0.25, 0.3) is 0 Å². The monoisotopic (exact) mass is 447 g/mol. The van der Waals surface area contributed by atoms with Crippen molar-refractivity contribution in [3.05, 3.63) is 0 Å². The van der Waals surface area contributed by atoms with Crippen LogP contribution in [0.2, 0.25) is 0 Å². The van der Waals surface area contributed by atoms with Crippen molar-refractivity contribution in [2.75, 3.05) is 0 Å². The van der Waals surface area contributed by atoms with E-state index in [-0.39, 0.29) is 50.3 Å². The molecule has 0 saturated carbocycles. The third kappa shape index (κ3) is 45.8. The van der Waals surface area contributed by atoms with E-state index in [1.807, 2.05) is 0 Å². The molecule has 3 radical (unpaired) electrons. The van der Waals surface area contributed by atoms with Gasteiger partial charge in [-0.05, 0) is 0 Å². The average Bonchev–Trinajstić information content (AvgIpc) is 2.18. The minimum atomic E-state index is -1.82. The van der Waals surface area contributed by atoms with E-state index in [0.717, 1.165) is 0 Å². The Hall–Kier alpha value is -1.66. The second-order valence-electron chi connectivity index (χ2n) is 1.83. The van der Waals surface area contributed by atoms with Crippen LogP contribution in [0, 0.1) is 0 Å². The molecule has 0 rings (SSSR count). The standard InChI is InChI=1S/3C2H2O4.3Co/c3*3-1(4)2(5)6;;;/h3*(H,3,4)(H,5,6);;;. The normalized spacial score (nSPS) is 6.29. The van der Waals surface area contributed by atoms with Crippen LogP contribution >= 0.6 is 0 Å². The zero-order chi connectivity index (χ0) is 15.5. The summed E-state index contributed by atoms with van der Waals surface area (Å²) in [6, 6.07) is 0. The quantitative estimate of drug-likeness (QED) is 0.211. The fraction of sp³-hybridized carbons (Fsp3) is 0. The Morgan fingerprint density at radius 1 is 0.333 bits per heavy atom. The van der Waals surface area contributed by atoms with Crippen molar-refractivity contribution in [1.82, 2.24) is 0 Å².